The highest BCUT2D eigenvalue weighted by atomic mass is 19.1. The van der Waals surface area contributed by atoms with Gasteiger partial charge in [-0.05, 0) is 29.8 Å². The average molecular weight is 379 g/mol. The molecule has 6 nitrogen and oxygen atoms in total. The van der Waals surface area contributed by atoms with Crippen LogP contribution in [0.15, 0.2) is 60.9 Å². The molecule has 2 saturated heterocycles. The van der Waals surface area contributed by atoms with Gasteiger partial charge in [0.1, 0.15) is 11.4 Å². The van der Waals surface area contributed by atoms with Gasteiger partial charge in [0.25, 0.3) is 0 Å². The van der Waals surface area contributed by atoms with Crippen LogP contribution in [0.5, 0.6) is 0 Å². The number of carbonyl (C=O) groups is 2. The molecule has 5 rings (SSSR count). The van der Waals surface area contributed by atoms with Crippen LogP contribution in [0.25, 0.3) is 0 Å². The molecule has 4 atom stereocenters. The van der Waals surface area contributed by atoms with Crippen LogP contribution in [0, 0.1) is 17.7 Å². The lowest BCUT2D eigenvalue weighted by Crippen LogP contribution is -2.44. The first kappa shape index (κ1) is 17.1. The quantitative estimate of drug-likeness (QED) is 0.823. The summed E-state index contributed by atoms with van der Waals surface area (Å²) in [6, 6.07) is 9.79. The number of nitrogens with zero attached hydrogens (tertiary/aromatic N) is 2. The lowest BCUT2D eigenvalue weighted by Gasteiger charge is -2.23. The summed E-state index contributed by atoms with van der Waals surface area (Å²) in [6.07, 6.45) is 6.58. The number of anilines is 1. The number of halogens is 1. The molecule has 1 spiro atoms. The minimum absolute atomic E-state index is 0.207. The van der Waals surface area contributed by atoms with Crippen molar-refractivity contribution in [2.75, 3.05) is 11.4 Å². The zero-order valence-corrected chi connectivity index (χ0v) is 14.9. The van der Waals surface area contributed by atoms with Gasteiger partial charge in [-0.3, -0.25) is 14.6 Å². The van der Waals surface area contributed by atoms with Gasteiger partial charge in [-0.15, -0.1) is 0 Å². The summed E-state index contributed by atoms with van der Waals surface area (Å²) in [5, 5.41) is 2.90. The molecule has 0 radical (unpaired) electrons. The summed E-state index contributed by atoms with van der Waals surface area (Å²) in [5.41, 5.74) is 0.263. The zero-order valence-electron chi connectivity index (χ0n) is 14.9. The third-order valence-corrected chi connectivity index (χ3v) is 5.76. The van der Waals surface area contributed by atoms with Crippen LogP contribution < -0.4 is 10.2 Å². The maximum Gasteiger partial charge on any atom is 0.234 e. The number of rotatable bonds is 4. The number of nitrogens with one attached hydrogen (secondary N) is 1. The molecule has 0 aliphatic carbocycles. The maximum absolute atomic E-state index is 14.3. The van der Waals surface area contributed by atoms with E-state index in [9.17, 15) is 14.0 Å². The second-order valence-corrected chi connectivity index (χ2v) is 7.35. The first-order chi connectivity index (χ1) is 13.6. The molecule has 1 aromatic heterocycles. The smallest absolute Gasteiger partial charge is 0.234 e. The van der Waals surface area contributed by atoms with E-state index in [0.717, 1.165) is 5.56 Å². The Kier molecular flexibility index (Phi) is 3.80. The van der Waals surface area contributed by atoms with E-state index in [2.05, 4.69) is 10.3 Å². The summed E-state index contributed by atoms with van der Waals surface area (Å²) >= 11 is 0. The monoisotopic (exact) mass is 379 g/mol. The average Bonchev–Trinajstić information content (AvgIpc) is 3.36. The van der Waals surface area contributed by atoms with Crippen molar-refractivity contribution < 1.29 is 18.7 Å². The molecule has 1 N–H and O–H groups in total. The molecule has 0 saturated carbocycles. The number of hydrogen-bond acceptors (Lipinski definition) is 4. The Morgan fingerprint density at radius 3 is 2.86 bits per heavy atom. The predicted molar refractivity (Wildman–Crippen MR) is 98.6 cm³/mol. The van der Waals surface area contributed by atoms with Crippen LogP contribution in [0.3, 0.4) is 0 Å². The predicted octanol–water partition coefficient (Wildman–Crippen LogP) is 1.82. The summed E-state index contributed by atoms with van der Waals surface area (Å²) in [7, 11) is 0. The van der Waals surface area contributed by atoms with Gasteiger partial charge >= 0.3 is 0 Å². The van der Waals surface area contributed by atoms with E-state index in [1.54, 1.807) is 30.6 Å². The molecule has 0 unspecified atom stereocenters. The zero-order chi connectivity index (χ0) is 19.3. The number of pyridine rings is 1. The van der Waals surface area contributed by atoms with E-state index in [-0.39, 0.29) is 24.0 Å². The third kappa shape index (κ3) is 2.46. The highest BCUT2D eigenvalue weighted by Gasteiger charge is 2.67. The molecule has 3 aliphatic heterocycles. The van der Waals surface area contributed by atoms with Crippen LogP contribution in [0.1, 0.15) is 5.56 Å². The van der Waals surface area contributed by atoms with Crippen molar-refractivity contribution >= 4 is 17.5 Å². The van der Waals surface area contributed by atoms with Crippen LogP contribution in [0.4, 0.5) is 10.1 Å². The normalized spacial score (nSPS) is 30.0. The fourth-order valence-corrected chi connectivity index (χ4v) is 4.48. The third-order valence-electron chi connectivity index (χ3n) is 5.76. The Balaban J connectivity index is 1.40. The maximum atomic E-state index is 14.3. The van der Waals surface area contributed by atoms with Gasteiger partial charge in [0, 0.05) is 18.9 Å². The molecule has 7 heteroatoms. The number of amides is 2. The molecule has 2 amide bonds. The van der Waals surface area contributed by atoms with Crippen molar-refractivity contribution in [3.05, 3.63) is 72.3 Å². The number of hydrogen-bond donors (Lipinski definition) is 1. The molecule has 3 aliphatic rings. The Morgan fingerprint density at radius 2 is 2.07 bits per heavy atom. The van der Waals surface area contributed by atoms with E-state index >= 15 is 0 Å². The van der Waals surface area contributed by atoms with Crippen molar-refractivity contribution in [3.63, 3.8) is 0 Å². The van der Waals surface area contributed by atoms with Crippen molar-refractivity contribution in [1.82, 2.24) is 10.3 Å². The van der Waals surface area contributed by atoms with Crippen molar-refractivity contribution in [1.29, 1.82) is 0 Å². The first-order valence-corrected chi connectivity index (χ1v) is 9.19. The van der Waals surface area contributed by atoms with Crippen LogP contribution in [0.2, 0.25) is 0 Å². The Morgan fingerprint density at radius 1 is 1.29 bits per heavy atom. The van der Waals surface area contributed by atoms with E-state index in [4.69, 9.17) is 4.74 Å². The van der Waals surface area contributed by atoms with Crippen molar-refractivity contribution in [3.8, 4) is 0 Å². The molecule has 2 aromatic rings. The van der Waals surface area contributed by atoms with E-state index in [1.807, 2.05) is 24.3 Å². The fourth-order valence-electron chi connectivity index (χ4n) is 4.48. The number of aromatic nitrogens is 1. The van der Waals surface area contributed by atoms with Gasteiger partial charge in [-0.2, -0.15) is 0 Å². The van der Waals surface area contributed by atoms with Crippen molar-refractivity contribution in [2.45, 2.75) is 18.2 Å². The Bertz CT molecular complexity index is 980. The summed E-state index contributed by atoms with van der Waals surface area (Å²) in [5.74, 6) is -2.26. The fraction of sp³-hybridized carbons (Fsp3) is 0.286. The first-order valence-electron chi connectivity index (χ1n) is 9.19. The van der Waals surface area contributed by atoms with Crippen LogP contribution in [-0.2, 0) is 20.9 Å². The van der Waals surface area contributed by atoms with Gasteiger partial charge in [-0.1, -0.05) is 24.3 Å². The number of fused-ring (bicyclic) bond motifs is 1. The minimum Gasteiger partial charge on any atom is -0.360 e. The van der Waals surface area contributed by atoms with Crippen molar-refractivity contribution in [2.24, 2.45) is 11.8 Å². The molecule has 1 aromatic carbocycles. The van der Waals surface area contributed by atoms with E-state index in [1.165, 1.54) is 11.0 Å². The standard InChI is InChI=1S/C21H18FN3O3/c22-14-3-1-2-4-15(14)25-12-21-8-5-16(28-21)17(18(21)20(25)27)19(26)24-11-13-6-9-23-10-7-13/h1-10,16-18H,11-12H2,(H,24,26)/t16-,17+,18+,21-/m1/s1. The largest absolute Gasteiger partial charge is 0.360 e. The van der Waals surface area contributed by atoms with Gasteiger partial charge in [0.2, 0.25) is 11.8 Å². The van der Waals surface area contributed by atoms with Gasteiger partial charge in [-0.25, -0.2) is 4.39 Å². The van der Waals surface area contributed by atoms with Gasteiger partial charge in [0.05, 0.1) is 30.2 Å². The van der Waals surface area contributed by atoms with E-state index < -0.39 is 29.4 Å². The molecule has 4 heterocycles. The molecule has 2 bridgehead atoms. The van der Waals surface area contributed by atoms with Crippen LogP contribution in [-0.4, -0.2) is 35.0 Å². The van der Waals surface area contributed by atoms with Crippen LogP contribution >= 0.6 is 0 Å². The second-order valence-electron chi connectivity index (χ2n) is 7.35. The lowest BCUT2D eigenvalue weighted by atomic mass is 9.77. The van der Waals surface area contributed by atoms with Gasteiger partial charge in [0.15, 0.2) is 0 Å². The Labute approximate surface area is 161 Å². The summed E-state index contributed by atoms with van der Waals surface area (Å²) < 4.78 is 20.3. The lowest BCUT2D eigenvalue weighted by molar-refractivity contribution is -0.132. The minimum atomic E-state index is -0.872. The Hall–Kier alpha value is -3.06. The molecule has 142 valence electrons. The second kappa shape index (κ2) is 6.24. The molecule has 2 fully saturated rings. The highest BCUT2D eigenvalue weighted by molar-refractivity contribution is 6.03. The number of carbonyl (C=O) groups excluding carboxylic acids is 2. The summed E-state index contributed by atoms with van der Waals surface area (Å²) in [4.78, 5) is 31.4. The highest BCUT2D eigenvalue weighted by Crippen LogP contribution is 2.52. The molecule has 28 heavy (non-hydrogen) atoms. The number of para-hydroxylation sites is 1. The SMILES string of the molecule is O=C(NCc1ccncc1)[C@@H]1[C@H]2C(=O)N(c3ccccc3F)C[C@]23C=C[C@H]1O3. The van der Waals surface area contributed by atoms with Gasteiger partial charge < -0.3 is 15.0 Å². The topological polar surface area (TPSA) is 71.5 Å². The van der Waals surface area contributed by atoms with E-state index in [0.29, 0.717) is 6.54 Å². The number of ether oxygens (including phenoxy) is 1. The molecular formula is C21H18FN3O3. The number of benzene rings is 1. The summed E-state index contributed by atoms with van der Waals surface area (Å²) in [6.45, 7) is 0.553. The molecular weight excluding hydrogens is 361 g/mol.